The fourth-order valence-electron chi connectivity index (χ4n) is 2.32. The van der Waals surface area contributed by atoms with Crippen molar-refractivity contribution in [3.8, 4) is 0 Å². The van der Waals surface area contributed by atoms with Crippen LogP contribution in [0.25, 0.3) is 0 Å². The van der Waals surface area contributed by atoms with Crippen LogP contribution in [0.5, 0.6) is 0 Å². The molecule has 1 heterocycles. The lowest BCUT2D eigenvalue weighted by Gasteiger charge is -2.18. The Bertz CT molecular complexity index is 508. The molecule has 136 valence electrons. The molecule has 8 heteroatoms. The number of hydrogen-bond donors (Lipinski definition) is 2. The van der Waals surface area contributed by atoms with E-state index in [0.29, 0.717) is 0 Å². The van der Waals surface area contributed by atoms with Crippen LogP contribution in [-0.2, 0) is 19.2 Å². The lowest BCUT2D eigenvalue weighted by molar-refractivity contribution is -0.139. The van der Waals surface area contributed by atoms with Crippen LogP contribution in [-0.4, -0.2) is 57.7 Å². The lowest BCUT2D eigenvalue weighted by Crippen LogP contribution is -2.47. The molecule has 0 aromatic heterocycles. The lowest BCUT2D eigenvalue weighted by atomic mass is 10.2. The van der Waals surface area contributed by atoms with Crippen molar-refractivity contribution in [2.45, 2.75) is 70.0 Å². The van der Waals surface area contributed by atoms with Gasteiger partial charge in [0.25, 0.3) is 0 Å². The average Bonchev–Trinajstić information content (AvgIpc) is 2.69. The molecule has 1 fully saturated rings. The molecule has 0 spiro atoms. The van der Waals surface area contributed by atoms with Gasteiger partial charge in [-0.2, -0.15) is 0 Å². The molecule has 1 rings (SSSR count). The van der Waals surface area contributed by atoms with Crippen LogP contribution in [0.4, 0.5) is 0 Å². The number of amides is 4. The van der Waals surface area contributed by atoms with E-state index in [1.165, 1.54) is 11.8 Å². The zero-order chi connectivity index (χ0) is 18.4. The van der Waals surface area contributed by atoms with Gasteiger partial charge in [-0.1, -0.05) is 13.8 Å². The summed E-state index contributed by atoms with van der Waals surface area (Å²) in [5.41, 5.74) is 0. The van der Waals surface area contributed by atoms with Crippen LogP contribution in [0.1, 0.15) is 47.5 Å². The largest absolute Gasteiger partial charge is 0.352 e. The Morgan fingerprint density at radius 3 is 2.33 bits per heavy atom. The van der Waals surface area contributed by atoms with Crippen LogP contribution in [0.3, 0.4) is 0 Å². The third-order valence-corrected chi connectivity index (χ3v) is 4.64. The second-order valence-corrected chi connectivity index (χ2v) is 8.25. The van der Waals surface area contributed by atoms with Gasteiger partial charge < -0.3 is 10.6 Å². The van der Waals surface area contributed by atoms with Gasteiger partial charge in [-0.15, -0.1) is 11.8 Å². The van der Waals surface area contributed by atoms with Crippen LogP contribution < -0.4 is 10.6 Å². The number of imide groups is 1. The summed E-state index contributed by atoms with van der Waals surface area (Å²) in [7, 11) is 0. The highest BCUT2D eigenvalue weighted by Gasteiger charge is 2.39. The molecule has 1 saturated heterocycles. The SMILES string of the molecule is CC(C)NC(=O)C(C)NC(=O)CCN1C(=O)CC(SC(C)C)C1=O. The fraction of sp³-hybridized carbons (Fsp3) is 0.750. The standard InChI is InChI=1S/C16H27N3O4S/c1-9(2)17-15(22)11(5)18-13(20)6-7-19-14(21)8-12(16(19)23)24-10(3)4/h9-12H,6-8H2,1-5H3,(H,17,22)(H,18,20). The molecule has 4 amide bonds. The highest BCUT2D eigenvalue weighted by atomic mass is 32.2. The van der Waals surface area contributed by atoms with Crippen molar-refractivity contribution in [3.63, 3.8) is 0 Å². The summed E-state index contributed by atoms with van der Waals surface area (Å²) in [6.45, 7) is 9.27. The van der Waals surface area contributed by atoms with E-state index in [2.05, 4.69) is 10.6 Å². The second-order valence-electron chi connectivity index (χ2n) is 6.46. The van der Waals surface area contributed by atoms with Crippen LogP contribution in [0, 0.1) is 0 Å². The number of likely N-dealkylation sites (tertiary alicyclic amines) is 1. The molecule has 2 N–H and O–H groups in total. The van der Waals surface area contributed by atoms with Crippen LogP contribution in [0.15, 0.2) is 0 Å². The number of nitrogens with one attached hydrogen (secondary N) is 2. The molecule has 2 unspecified atom stereocenters. The van der Waals surface area contributed by atoms with Crippen LogP contribution in [0.2, 0.25) is 0 Å². The first kappa shape index (κ1) is 20.5. The number of nitrogens with zero attached hydrogens (tertiary/aromatic N) is 1. The van der Waals surface area contributed by atoms with Gasteiger partial charge in [-0.05, 0) is 26.0 Å². The molecule has 0 aromatic carbocycles. The Morgan fingerprint density at radius 2 is 1.79 bits per heavy atom. The average molecular weight is 357 g/mol. The number of hydrogen-bond acceptors (Lipinski definition) is 5. The third-order valence-electron chi connectivity index (χ3n) is 3.40. The molecule has 0 bridgehead atoms. The van der Waals surface area contributed by atoms with Crippen molar-refractivity contribution in [3.05, 3.63) is 0 Å². The number of carbonyl (C=O) groups is 4. The molecule has 0 saturated carbocycles. The van der Waals surface area contributed by atoms with E-state index in [1.807, 2.05) is 27.7 Å². The van der Waals surface area contributed by atoms with Gasteiger partial charge in [0.05, 0.1) is 5.25 Å². The number of rotatable bonds is 8. The Labute approximate surface area is 147 Å². The van der Waals surface area contributed by atoms with E-state index < -0.39 is 6.04 Å². The Morgan fingerprint density at radius 1 is 1.17 bits per heavy atom. The maximum absolute atomic E-state index is 12.2. The van der Waals surface area contributed by atoms with E-state index in [4.69, 9.17) is 0 Å². The van der Waals surface area contributed by atoms with Gasteiger partial charge in [0, 0.05) is 25.4 Å². The summed E-state index contributed by atoms with van der Waals surface area (Å²) >= 11 is 1.47. The topological polar surface area (TPSA) is 95.6 Å². The molecule has 24 heavy (non-hydrogen) atoms. The highest BCUT2D eigenvalue weighted by molar-refractivity contribution is 8.01. The summed E-state index contributed by atoms with van der Waals surface area (Å²) in [6, 6.07) is -0.666. The first-order chi connectivity index (χ1) is 11.1. The van der Waals surface area contributed by atoms with Crippen molar-refractivity contribution in [2.24, 2.45) is 0 Å². The second kappa shape index (κ2) is 9.05. The minimum atomic E-state index is -0.658. The molecule has 2 atom stereocenters. The first-order valence-electron chi connectivity index (χ1n) is 8.21. The predicted molar refractivity (Wildman–Crippen MR) is 93.4 cm³/mol. The Kier molecular flexibility index (Phi) is 7.72. The molecule has 0 radical (unpaired) electrons. The summed E-state index contributed by atoms with van der Waals surface area (Å²) in [6.07, 6.45) is 0.187. The smallest absolute Gasteiger partial charge is 0.242 e. The predicted octanol–water partition coefficient (Wildman–Crippen LogP) is 0.675. The van der Waals surface area contributed by atoms with Crippen LogP contribution >= 0.6 is 11.8 Å². The van der Waals surface area contributed by atoms with Crippen molar-refractivity contribution < 1.29 is 19.2 Å². The summed E-state index contributed by atoms with van der Waals surface area (Å²) in [5.74, 6) is -1.09. The van der Waals surface area contributed by atoms with Gasteiger partial charge in [-0.3, -0.25) is 24.1 Å². The van der Waals surface area contributed by atoms with Gasteiger partial charge in [-0.25, -0.2) is 0 Å². The van der Waals surface area contributed by atoms with E-state index >= 15 is 0 Å². The zero-order valence-electron chi connectivity index (χ0n) is 14.9. The molecular weight excluding hydrogens is 330 g/mol. The van der Waals surface area contributed by atoms with Crippen molar-refractivity contribution in [2.75, 3.05) is 6.54 Å². The summed E-state index contributed by atoms with van der Waals surface area (Å²) in [4.78, 5) is 49.0. The van der Waals surface area contributed by atoms with Crippen molar-refractivity contribution in [1.82, 2.24) is 15.5 Å². The van der Waals surface area contributed by atoms with Gasteiger partial charge in [0.15, 0.2) is 0 Å². The molecule has 1 aliphatic rings. The monoisotopic (exact) mass is 357 g/mol. The number of thioether (sulfide) groups is 1. The summed E-state index contributed by atoms with van der Waals surface area (Å²) in [5, 5.41) is 5.19. The minimum Gasteiger partial charge on any atom is -0.352 e. The molecule has 1 aliphatic heterocycles. The van der Waals surface area contributed by atoms with E-state index in [9.17, 15) is 19.2 Å². The Balaban J connectivity index is 2.45. The molecule has 0 aromatic rings. The molecular formula is C16H27N3O4S. The maximum atomic E-state index is 12.2. The van der Waals surface area contributed by atoms with Gasteiger partial charge in [0.1, 0.15) is 6.04 Å². The zero-order valence-corrected chi connectivity index (χ0v) is 15.7. The van der Waals surface area contributed by atoms with Crippen molar-refractivity contribution >= 4 is 35.4 Å². The Hall–Kier alpha value is -1.57. The quantitative estimate of drug-likeness (QED) is 0.623. The fourth-order valence-corrected chi connectivity index (χ4v) is 3.46. The normalized spacial score (nSPS) is 19.1. The van der Waals surface area contributed by atoms with Crippen molar-refractivity contribution in [1.29, 1.82) is 0 Å². The van der Waals surface area contributed by atoms with Gasteiger partial charge in [0.2, 0.25) is 23.6 Å². The molecule has 0 aliphatic carbocycles. The third kappa shape index (κ3) is 6.14. The minimum absolute atomic E-state index is 0.00412. The molecule has 7 nitrogen and oxygen atoms in total. The maximum Gasteiger partial charge on any atom is 0.242 e. The number of carbonyl (C=O) groups excluding carboxylic acids is 4. The van der Waals surface area contributed by atoms with E-state index in [0.717, 1.165) is 4.90 Å². The van der Waals surface area contributed by atoms with Gasteiger partial charge >= 0.3 is 0 Å². The summed E-state index contributed by atoms with van der Waals surface area (Å²) < 4.78 is 0. The highest BCUT2D eigenvalue weighted by Crippen LogP contribution is 2.28. The first-order valence-corrected chi connectivity index (χ1v) is 9.15. The van der Waals surface area contributed by atoms with E-state index in [1.54, 1.807) is 6.92 Å². The van der Waals surface area contributed by atoms with E-state index in [-0.39, 0.29) is 59.6 Å².